The second-order valence-electron chi connectivity index (χ2n) is 6.53. The Morgan fingerprint density at radius 2 is 1.50 bits per heavy atom. The Morgan fingerprint density at radius 1 is 0.893 bits per heavy atom. The van der Waals surface area contributed by atoms with Crippen LogP contribution in [0, 0.1) is 0 Å². The summed E-state index contributed by atoms with van der Waals surface area (Å²) in [4.78, 5) is 2.06. The van der Waals surface area contributed by atoms with Gasteiger partial charge in [-0.25, -0.2) is 0 Å². The third-order valence-corrected chi connectivity index (χ3v) is 4.10. The Kier molecular flexibility index (Phi) is 9.62. The van der Waals surface area contributed by atoms with E-state index >= 15 is 0 Å². The fourth-order valence-corrected chi connectivity index (χ4v) is 2.71. The molecule has 0 amide bonds. The van der Waals surface area contributed by atoms with Gasteiger partial charge in [-0.1, -0.05) is 12.1 Å². The molecule has 2 aromatic carbocycles. The number of hydrogen-bond donors (Lipinski definition) is 1. The van der Waals surface area contributed by atoms with Crippen molar-refractivity contribution < 1.29 is 24.1 Å². The van der Waals surface area contributed by atoms with Crippen molar-refractivity contribution in [1.29, 1.82) is 0 Å². The maximum Gasteiger partial charge on any atom is 0.119 e. The summed E-state index contributed by atoms with van der Waals surface area (Å²) in [5.74, 6) is 2.32. The van der Waals surface area contributed by atoms with Crippen LogP contribution in [0.4, 0.5) is 0 Å². The van der Waals surface area contributed by atoms with Crippen molar-refractivity contribution in [3.8, 4) is 17.2 Å². The molecule has 28 heavy (non-hydrogen) atoms. The minimum Gasteiger partial charge on any atom is -0.497 e. The lowest BCUT2D eigenvalue weighted by Crippen LogP contribution is -2.32. The smallest absolute Gasteiger partial charge is 0.119 e. The van der Waals surface area contributed by atoms with Crippen LogP contribution in [0.3, 0.4) is 0 Å². The van der Waals surface area contributed by atoms with Gasteiger partial charge >= 0.3 is 0 Å². The topological polar surface area (TPSA) is 60.4 Å². The van der Waals surface area contributed by atoms with E-state index < -0.39 is 6.10 Å². The van der Waals surface area contributed by atoms with Crippen molar-refractivity contribution in [2.24, 2.45) is 0 Å². The zero-order valence-corrected chi connectivity index (χ0v) is 17.0. The molecule has 0 bridgehead atoms. The predicted octanol–water partition coefficient (Wildman–Crippen LogP) is 2.98. The van der Waals surface area contributed by atoms with Crippen molar-refractivity contribution >= 4 is 0 Å². The van der Waals surface area contributed by atoms with Gasteiger partial charge in [-0.3, -0.25) is 4.90 Å². The molecule has 1 atom stereocenters. The average molecular weight is 389 g/mol. The zero-order chi connectivity index (χ0) is 20.2. The van der Waals surface area contributed by atoms with E-state index in [-0.39, 0.29) is 6.61 Å². The Bertz CT molecular complexity index is 660. The summed E-state index contributed by atoms with van der Waals surface area (Å²) in [6.07, 6.45) is -0.576. The van der Waals surface area contributed by atoms with Crippen LogP contribution in [0.5, 0.6) is 17.2 Å². The molecule has 0 saturated heterocycles. The first-order valence-corrected chi connectivity index (χ1v) is 9.53. The van der Waals surface area contributed by atoms with Crippen molar-refractivity contribution in [3.63, 3.8) is 0 Å². The molecule has 0 heterocycles. The number of likely N-dealkylation sites (N-methyl/N-ethyl adjacent to an activating group) is 1. The molecular weight excluding hydrogens is 358 g/mol. The van der Waals surface area contributed by atoms with Crippen LogP contribution in [0.25, 0.3) is 0 Å². The summed E-state index contributed by atoms with van der Waals surface area (Å²) in [5, 5.41) is 10.2. The average Bonchev–Trinajstić information content (AvgIpc) is 2.71. The highest BCUT2D eigenvalue weighted by Gasteiger charge is 2.10. The Hall–Kier alpha value is -2.28. The van der Waals surface area contributed by atoms with Crippen LogP contribution < -0.4 is 14.2 Å². The summed E-state index contributed by atoms with van der Waals surface area (Å²) < 4.78 is 21.6. The number of methoxy groups -OCH3 is 1. The molecule has 6 heteroatoms. The third-order valence-electron chi connectivity index (χ3n) is 4.10. The molecule has 0 unspecified atom stereocenters. The standard InChI is InChI=1S/C22H31NO5/c1-4-26-13-14-27-21-7-5-18(6-8-21)15-23(2)16-19(24)17-28-22-11-9-20(25-3)10-12-22/h5-12,19,24H,4,13-17H2,1-3H3/t19-/m0/s1. The minimum absolute atomic E-state index is 0.239. The van der Waals surface area contributed by atoms with Gasteiger partial charge in [-0.15, -0.1) is 0 Å². The summed E-state index contributed by atoms with van der Waals surface area (Å²) in [7, 11) is 3.60. The normalized spacial score (nSPS) is 12.0. The second kappa shape index (κ2) is 12.2. The van der Waals surface area contributed by atoms with Crippen LogP contribution in [0.2, 0.25) is 0 Å². The molecule has 154 valence electrons. The molecule has 0 aliphatic heterocycles. The molecule has 2 rings (SSSR count). The molecule has 1 N–H and O–H groups in total. The molecule has 0 aliphatic rings. The van der Waals surface area contributed by atoms with Crippen molar-refractivity contribution in [3.05, 3.63) is 54.1 Å². The number of hydrogen-bond acceptors (Lipinski definition) is 6. The number of ether oxygens (including phenoxy) is 4. The summed E-state index contributed by atoms with van der Waals surface area (Å²) in [6, 6.07) is 15.3. The van der Waals surface area contributed by atoms with E-state index in [9.17, 15) is 5.11 Å². The second-order valence-corrected chi connectivity index (χ2v) is 6.53. The number of aliphatic hydroxyl groups excluding tert-OH is 1. The number of benzene rings is 2. The molecule has 0 radical (unpaired) electrons. The predicted molar refractivity (Wildman–Crippen MR) is 109 cm³/mol. The first kappa shape index (κ1) is 22.0. The lowest BCUT2D eigenvalue weighted by Gasteiger charge is -2.21. The van der Waals surface area contributed by atoms with Gasteiger partial charge in [0.25, 0.3) is 0 Å². The van der Waals surface area contributed by atoms with Crippen LogP contribution in [0.1, 0.15) is 12.5 Å². The maximum atomic E-state index is 10.2. The van der Waals surface area contributed by atoms with E-state index in [1.807, 2.05) is 62.5 Å². The molecule has 2 aromatic rings. The third kappa shape index (κ3) is 8.17. The van der Waals surface area contributed by atoms with Crippen molar-refractivity contribution in [1.82, 2.24) is 4.90 Å². The molecule has 0 spiro atoms. The summed E-state index contributed by atoms with van der Waals surface area (Å²) in [5.41, 5.74) is 1.16. The van der Waals surface area contributed by atoms with Crippen LogP contribution in [0.15, 0.2) is 48.5 Å². The van der Waals surface area contributed by atoms with Gasteiger partial charge in [-0.05, 0) is 55.9 Å². The zero-order valence-electron chi connectivity index (χ0n) is 17.0. The molecule has 0 saturated carbocycles. The summed E-state index contributed by atoms with van der Waals surface area (Å²) >= 11 is 0. The van der Waals surface area contributed by atoms with Gasteiger partial charge in [0.2, 0.25) is 0 Å². The monoisotopic (exact) mass is 389 g/mol. The van der Waals surface area contributed by atoms with E-state index in [4.69, 9.17) is 18.9 Å². The van der Waals surface area contributed by atoms with Crippen LogP contribution in [-0.2, 0) is 11.3 Å². The van der Waals surface area contributed by atoms with E-state index in [1.165, 1.54) is 0 Å². The Labute approximate surface area is 167 Å². The van der Waals surface area contributed by atoms with E-state index in [0.29, 0.717) is 32.1 Å². The largest absolute Gasteiger partial charge is 0.497 e. The maximum absolute atomic E-state index is 10.2. The van der Waals surface area contributed by atoms with Gasteiger partial charge in [-0.2, -0.15) is 0 Å². The summed E-state index contributed by atoms with van der Waals surface area (Å²) in [6.45, 7) is 5.30. The van der Waals surface area contributed by atoms with Crippen LogP contribution >= 0.6 is 0 Å². The van der Waals surface area contributed by atoms with Crippen LogP contribution in [-0.4, -0.2) is 63.2 Å². The quantitative estimate of drug-likeness (QED) is 0.532. The fraction of sp³-hybridized carbons (Fsp3) is 0.455. The van der Waals surface area contributed by atoms with Gasteiger partial charge in [0.1, 0.15) is 36.6 Å². The van der Waals surface area contributed by atoms with Gasteiger partial charge in [0.05, 0.1) is 13.7 Å². The molecule has 0 fully saturated rings. The first-order chi connectivity index (χ1) is 13.6. The van der Waals surface area contributed by atoms with Gasteiger partial charge in [0.15, 0.2) is 0 Å². The number of nitrogens with zero attached hydrogens (tertiary/aromatic N) is 1. The molecule has 0 aromatic heterocycles. The van der Waals surface area contributed by atoms with Crippen molar-refractivity contribution in [2.75, 3.05) is 47.1 Å². The van der Waals surface area contributed by atoms with E-state index in [1.54, 1.807) is 7.11 Å². The minimum atomic E-state index is -0.576. The van der Waals surface area contributed by atoms with Crippen molar-refractivity contribution in [2.45, 2.75) is 19.6 Å². The van der Waals surface area contributed by atoms with Gasteiger partial charge in [0, 0.05) is 19.7 Å². The highest BCUT2D eigenvalue weighted by molar-refractivity contribution is 5.31. The first-order valence-electron chi connectivity index (χ1n) is 9.53. The van der Waals surface area contributed by atoms with E-state index in [2.05, 4.69) is 4.90 Å². The highest BCUT2D eigenvalue weighted by Crippen LogP contribution is 2.17. The molecule has 6 nitrogen and oxygen atoms in total. The Morgan fingerprint density at radius 3 is 2.14 bits per heavy atom. The Balaban J connectivity index is 1.69. The number of rotatable bonds is 13. The SMILES string of the molecule is CCOCCOc1ccc(CN(C)C[C@H](O)COc2ccc(OC)cc2)cc1. The highest BCUT2D eigenvalue weighted by atomic mass is 16.5. The molecular formula is C22H31NO5. The fourth-order valence-electron chi connectivity index (χ4n) is 2.71. The lowest BCUT2D eigenvalue weighted by atomic mass is 10.2. The van der Waals surface area contributed by atoms with E-state index in [0.717, 1.165) is 23.6 Å². The lowest BCUT2D eigenvalue weighted by molar-refractivity contribution is 0.0743. The molecule has 0 aliphatic carbocycles. The van der Waals surface area contributed by atoms with Gasteiger partial charge < -0.3 is 24.1 Å². The number of aliphatic hydroxyl groups is 1.